The van der Waals surface area contributed by atoms with Gasteiger partial charge in [0.05, 0.1) is 6.04 Å². The monoisotopic (exact) mass is 200 g/mol. The first-order valence-corrected chi connectivity index (χ1v) is 5.46. The molecule has 1 heterocycles. The number of carbonyl (C=O) groups is 1. The van der Waals surface area contributed by atoms with Gasteiger partial charge < -0.3 is 10.6 Å². The van der Waals surface area contributed by atoms with E-state index in [1.165, 1.54) is 5.57 Å². The molecule has 0 fully saturated rings. The van der Waals surface area contributed by atoms with Crippen LogP contribution >= 0.6 is 11.8 Å². The minimum absolute atomic E-state index is 0.0176. The van der Waals surface area contributed by atoms with Crippen LogP contribution in [-0.4, -0.2) is 35.4 Å². The van der Waals surface area contributed by atoms with Gasteiger partial charge in [0.15, 0.2) is 0 Å². The second kappa shape index (κ2) is 4.15. The van der Waals surface area contributed by atoms with Gasteiger partial charge >= 0.3 is 0 Å². The van der Waals surface area contributed by atoms with E-state index in [0.717, 1.165) is 11.4 Å². The van der Waals surface area contributed by atoms with E-state index in [0.29, 0.717) is 5.75 Å². The number of carbonyl (C=O) groups excluding carboxylic acids is 1. The zero-order valence-corrected chi connectivity index (χ0v) is 9.15. The van der Waals surface area contributed by atoms with Gasteiger partial charge in [-0.25, -0.2) is 0 Å². The van der Waals surface area contributed by atoms with Crippen molar-refractivity contribution >= 4 is 17.7 Å². The maximum atomic E-state index is 11.6. The molecular weight excluding hydrogens is 184 g/mol. The lowest BCUT2D eigenvalue weighted by Gasteiger charge is -2.26. The molecular formula is C9H16N2OS. The number of rotatable bonds is 0. The van der Waals surface area contributed by atoms with Gasteiger partial charge in [-0.1, -0.05) is 0 Å². The third-order valence-electron chi connectivity index (χ3n) is 2.38. The first-order chi connectivity index (χ1) is 6.04. The highest BCUT2D eigenvalue weighted by atomic mass is 32.2. The SMILES string of the molecule is C/C1=C(\C)N(C)C(=O)[C@@H](N)CSC1. The largest absolute Gasteiger partial charge is 0.319 e. The second-order valence-corrected chi connectivity index (χ2v) is 4.41. The molecule has 0 radical (unpaired) electrons. The van der Waals surface area contributed by atoms with Gasteiger partial charge in [0, 0.05) is 24.3 Å². The smallest absolute Gasteiger partial charge is 0.244 e. The number of nitrogens with zero attached hydrogens (tertiary/aromatic N) is 1. The number of amides is 1. The summed E-state index contributed by atoms with van der Waals surface area (Å²) in [5.41, 5.74) is 8.00. The van der Waals surface area contributed by atoms with E-state index >= 15 is 0 Å². The van der Waals surface area contributed by atoms with Crippen molar-refractivity contribution in [3.8, 4) is 0 Å². The van der Waals surface area contributed by atoms with Gasteiger partial charge in [-0.15, -0.1) is 0 Å². The molecule has 0 aromatic carbocycles. The lowest BCUT2D eigenvalue weighted by molar-refractivity contribution is -0.129. The van der Waals surface area contributed by atoms with Crippen molar-refractivity contribution in [1.82, 2.24) is 4.90 Å². The third kappa shape index (κ3) is 2.25. The minimum Gasteiger partial charge on any atom is -0.319 e. The molecule has 0 spiro atoms. The van der Waals surface area contributed by atoms with Crippen molar-refractivity contribution in [3.63, 3.8) is 0 Å². The Bertz CT molecular complexity index is 250. The fourth-order valence-corrected chi connectivity index (χ4v) is 2.24. The summed E-state index contributed by atoms with van der Waals surface area (Å²) in [6.45, 7) is 4.02. The molecule has 1 aliphatic heterocycles. The molecule has 0 unspecified atom stereocenters. The van der Waals surface area contributed by atoms with Crippen LogP contribution in [-0.2, 0) is 4.79 Å². The second-order valence-electron chi connectivity index (χ2n) is 3.38. The summed E-state index contributed by atoms with van der Waals surface area (Å²) in [4.78, 5) is 13.3. The van der Waals surface area contributed by atoms with Crippen LogP contribution in [0.1, 0.15) is 13.8 Å². The van der Waals surface area contributed by atoms with Gasteiger partial charge in [-0.2, -0.15) is 11.8 Å². The van der Waals surface area contributed by atoms with E-state index in [1.807, 2.05) is 6.92 Å². The van der Waals surface area contributed by atoms with Crippen LogP contribution in [0, 0.1) is 0 Å². The van der Waals surface area contributed by atoms with E-state index in [1.54, 1.807) is 23.7 Å². The average molecular weight is 200 g/mol. The maximum Gasteiger partial charge on any atom is 0.244 e. The lowest BCUT2D eigenvalue weighted by atomic mass is 10.2. The maximum absolute atomic E-state index is 11.6. The molecule has 74 valence electrons. The first kappa shape index (κ1) is 10.6. The fourth-order valence-electron chi connectivity index (χ4n) is 1.22. The van der Waals surface area contributed by atoms with E-state index in [-0.39, 0.29) is 11.9 Å². The van der Waals surface area contributed by atoms with Gasteiger partial charge in [0.1, 0.15) is 0 Å². The third-order valence-corrected chi connectivity index (χ3v) is 3.62. The van der Waals surface area contributed by atoms with E-state index in [2.05, 4.69) is 6.92 Å². The summed E-state index contributed by atoms with van der Waals surface area (Å²) >= 11 is 1.72. The molecule has 0 saturated heterocycles. The number of thioether (sulfide) groups is 1. The molecule has 0 bridgehead atoms. The zero-order valence-electron chi connectivity index (χ0n) is 8.33. The summed E-state index contributed by atoms with van der Waals surface area (Å²) in [6.07, 6.45) is 0. The summed E-state index contributed by atoms with van der Waals surface area (Å²) in [7, 11) is 1.79. The summed E-state index contributed by atoms with van der Waals surface area (Å²) < 4.78 is 0. The van der Waals surface area contributed by atoms with Crippen LogP contribution in [0.2, 0.25) is 0 Å². The Balaban J connectivity index is 2.91. The summed E-state index contributed by atoms with van der Waals surface area (Å²) in [5.74, 6) is 1.70. The van der Waals surface area contributed by atoms with Crippen molar-refractivity contribution in [1.29, 1.82) is 0 Å². The van der Waals surface area contributed by atoms with Crippen LogP contribution < -0.4 is 5.73 Å². The van der Waals surface area contributed by atoms with Crippen LogP contribution in [0.5, 0.6) is 0 Å². The Hall–Kier alpha value is -0.480. The number of nitrogens with two attached hydrogens (primary N) is 1. The number of hydrogen-bond acceptors (Lipinski definition) is 3. The van der Waals surface area contributed by atoms with Crippen molar-refractivity contribution in [2.75, 3.05) is 18.6 Å². The van der Waals surface area contributed by atoms with Crippen LogP contribution in [0.3, 0.4) is 0 Å². The standard InChI is InChI=1S/C9H16N2OS/c1-6-4-13-5-8(10)9(12)11(3)7(6)2/h8H,4-5,10H2,1-3H3/b7-6-/t8-/m0/s1. The topological polar surface area (TPSA) is 46.3 Å². The summed E-state index contributed by atoms with van der Waals surface area (Å²) in [5, 5.41) is 0. The molecule has 0 aromatic heterocycles. The van der Waals surface area contributed by atoms with Crippen molar-refractivity contribution < 1.29 is 4.79 Å². The zero-order chi connectivity index (χ0) is 10.0. The quantitative estimate of drug-likeness (QED) is 0.629. The number of hydrogen-bond donors (Lipinski definition) is 1. The Kier molecular flexibility index (Phi) is 3.39. The van der Waals surface area contributed by atoms with E-state index in [9.17, 15) is 4.79 Å². The highest BCUT2D eigenvalue weighted by Crippen LogP contribution is 2.18. The van der Waals surface area contributed by atoms with Crippen LogP contribution in [0.4, 0.5) is 0 Å². The highest BCUT2D eigenvalue weighted by molar-refractivity contribution is 7.99. The Morgan fingerprint density at radius 1 is 1.54 bits per heavy atom. The van der Waals surface area contributed by atoms with Gasteiger partial charge in [-0.05, 0) is 19.4 Å². The molecule has 0 aromatic rings. The molecule has 1 atom stereocenters. The molecule has 0 saturated carbocycles. The van der Waals surface area contributed by atoms with Crippen molar-refractivity contribution in [2.45, 2.75) is 19.9 Å². The van der Waals surface area contributed by atoms with Crippen molar-refractivity contribution in [3.05, 3.63) is 11.3 Å². The number of allylic oxidation sites excluding steroid dienone is 1. The van der Waals surface area contributed by atoms with E-state index < -0.39 is 0 Å². The predicted molar refractivity (Wildman–Crippen MR) is 56.4 cm³/mol. The fraction of sp³-hybridized carbons (Fsp3) is 0.667. The number of likely N-dealkylation sites (N-methyl/N-ethyl adjacent to an activating group) is 1. The molecule has 2 N–H and O–H groups in total. The van der Waals surface area contributed by atoms with Gasteiger partial charge in [-0.3, -0.25) is 4.79 Å². The molecule has 1 amide bonds. The van der Waals surface area contributed by atoms with Gasteiger partial charge in [0.25, 0.3) is 0 Å². The van der Waals surface area contributed by atoms with Crippen LogP contribution in [0.15, 0.2) is 11.3 Å². The normalized spacial score (nSPS) is 31.5. The van der Waals surface area contributed by atoms with E-state index in [4.69, 9.17) is 5.73 Å². The molecule has 1 rings (SSSR count). The Morgan fingerprint density at radius 3 is 2.77 bits per heavy atom. The predicted octanol–water partition coefficient (Wildman–Crippen LogP) is 0.813. The van der Waals surface area contributed by atoms with Crippen molar-refractivity contribution in [2.24, 2.45) is 5.73 Å². The van der Waals surface area contributed by atoms with Crippen LogP contribution in [0.25, 0.3) is 0 Å². The minimum atomic E-state index is -0.349. The average Bonchev–Trinajstić information content (AvgIpc) is 2.12. The molecule has 4 heteroatoms. The Morgan fingerprint density at radius 2 is 2.15 bits per heavy atom. The first-order valence-electron chi connectivity index (χ1n) is 4.31. The molecule has 13 heavy (non-hydrogen) atoms. The Labute approximate surface area is 83.3 Å². The molecule has 3 nitrogen and oxygen atoms in total. The van der Waals surface area contributed by atoms with Gasteiger partial charge in [0.2, 0.25) is 5.91 Å². The molecule has 0 aliphatic carbocycles. The summed E-state index contributed by atoms with van der Waals surface area (Å²) in [6, 6.07) is -0.349. The lowest BCUT2D eigenvalue weighted by Crippen LogP contribution is -2.43. The highest BCUT2D eigenvalue weighted by Gasteiger charge is 2.22. The molecule has 1 aliphatic rings.